The third-order valence-corrected chi connectivity index (χ3v) is 3.62. The van der Waals surface area contributed by atoms with E-state index >= 15 is 0 Å². The molecule has 8 heteroatoms. The summed E-state index contributed by atoms with van der Waals surface area (Å²) in [7, 11) is 3.11. The molecular formula is C11H16N2O5S. The molecule has 2 heterocycles. The smallest absolute Gasteiger partial charge is 0.257 e. The monoisotopic (exact) mass is 288 g/mol. The van der Waals surface area contributed by atoms with Gasteiger partial charge in [-0.3, -0.25) is 9.78 Å². The van der Waals surface area contributed by atoms with E-state index in [0.29, 0.717) is 10.3 Å². The van der Waals surface area contributed by atoms with Crippen molar-refractivity contribution in [3.63, 3.8) is 0 Å². The van der Waals surface area contributed by atoms with E-state index in [1.807, 2.05) is 0 Å². The van der Waals surface area contributed by atoms with Crippen molar-refractivity contribution in [3.05, 3.63) is 26.9 Å². The van der Waals surface area contributed by atoms with Crippen molar-refractivity contribution in [1.82, 2.24) is 9.55 Å². The molecule has 0 aromatic carbocycles. The lowest BCUT2D eigenvalue weighted by Crippen LogP contribution is -2.34. The summed E-state index contributed by atoms with van der Waals surface area (Å²) in [5.41, 5.74) is -0.0844. The van der Waals surface area contributed by atoms with Gasteiger partial charge >= 0.3 is 0 Å². The fourth-order valence-corrected chi connectivity index (χ4v) is 2.33. The number of nitrogens with zero attached hydrogens (tertiary/aromatic N) is 1. The van der Waals surface area contributed by atoms with Gasteiger partial charge in [-0.25, -0.2) is 0 Å². The molecule has 1 aliphatic rings. The van der Waals surface area contributed by atoms with E-state index in [9.17, 15) is 9.90 Å². The molecule has 0 saturated carbocycles. The van der Waals surface area contributed by atoms with E-state index in [2.05, 4.69) is 4.98 Å². The SMILES string of the molecule is COC1C(O)[C@@H](CO)O[C@H]1c1cn(C)c(=S)[nH]c1=O. The highest BCUT2D eigenvalue weighted by atomic mass is 32.1. The van der Waals surface area contributed by atoms with Crippen LogP contribution in [0.15, 0.2) is 11.0 Å². The van der Waals surface area contributed by atoms with Gasteiger partial charge in [0, 0.05) is 20.4 Å². The van der Waals surface area contributed by atoms with E-state index in [0.717, 1.165) is 0 Å². The fraction of sp³-hybridized carbons (Fsp3) is 0.636. The number of aliphatic hydroxyl groups is 2. The van der Waals surface area contributed by atoms with Gasteiger partial charge in [-0.2, -0.15) is 0 Å². The van der Waals surface area contributed by atoms with Gasteiger partial charge in [0.2, 0.25) is 0 Å². The summed E-state index contributed by atoms with van der Waals surface area (Å²) >= 11 is 4.95. The highest BCUT2D eigenvalue weighted by Gasteiger charge is 2.45. The molecule has 0 bridgehead atoms. The Kier molecular flexibility index (Phi) is 4.16. The van der Waals surface area contributed by atoms with Gasteiger partial charge in [-0.15, -0.1) is 0 Å². The van der Waals surface area contributed by atoms with Crippen LogP contribution in [-0.2, 0) is 16.5 Å². The molecule has 19 heavy (non-hydrogen) atoms. The zero-order valence-corrected chi connectivity index (χ0v) is 11.4. The highest BCUT2D eigenvalue weighted by Crippen LogP contribution is 2.33. The largest absolute Gasteiger partial charge is 0.394 e. The van der Waals surface area contributed by atoms with Crippen LogP contribution >= 0.6 is 12.2 Å². The minimum absolute atomic E-state index is 0.292. The summed E-state index contributed by atoms with van der Waals surface area (Å²) in [4.78, 5) is 14.4. The van der Waals surface area contributed by atoms with Gasteiger partial charge in [-0.05, 0) is 12.2 Å². The first-order chi connectivity index (χ1) is 8.99. The Morgan fingerprint density at radius 3 is 2.89 bits per heavy atom. The van der Waals surface area contributed by atoms with Crippen LogP contribution in [0.5, 0.6) is 0 Å². The second kappa shape index (κ2) is 5.51. The number of aromatic amines is 1. The lowest BCUT2D eigenvalue weighted by atomic mass is 10.0. The van der Waals surface area contributed by atoms with Crippen LogP contribution in [0.1, 0.15) is 11.7 Å². The molecule has 0 amide bonds. The minimum Gasteiger partial charge on any atom is -0.394 e. The molecule has 1 aromatic rings. The Balaban J connectivity index is 2.44. The van der Waals surface area contributed by atoms with Crippen LogP contribution in [0.4, 0.5) is 0 Å². The average molecular weight is 288 g/mol. The number of aryl methyl sites for hydroxylation is 1. The molecule has 1 aliphatic heterocycles. The molecule has 2 unspecified atom stereocenters. The standard InChI is InChI=1S/C11H16N2O5S/c1-13-3-5(10(16)12-11(13)19)8-9(17-2)7(15)6(4-14)18-8/h3,6-9,14-15H,4H2,1-2H3,(H,12,16,19)/t6-,7?,8+,9?/m1/s1. The fourth-order valence-electron chi connectivity index (χ4n) is 2.19. The zero-order chi connectivity index (χ0) is 14.2. The van der Waals surface area contributed by atoms with E-state index in [1.54, 1.807) is 17.8 Å². The summed E-state index contributed by atoms with van der Waals surface area (Å²) in [6, 6.07) is 0. The highest BCUT2D eigenvalue weighted by molar-refractivity contribution is 7.71. The van der Waals surface area contributed by atoms with Crippen molar-refractivity contribution in [1.29, 1.82) is 0 Å². The van der Waals surface area contributed by atoms with Gasteiger partial charge in [0.15, 0.2) is 4.77 Å². The molecule has 0 aliphatic carbocycles. The summed E-state index contributed by atoms with van der Waals surface area (Å²) in [6.45, 7) is -0.347. The average Bonchev–Trinajstić information content (AvgIpc) is 2.70. The molecule has 0 radical (unpaired) electrons. The van der Waals surface area contributed by atoms with Crippen molar-refractivity contribution >= 4 is 12.2 Å². The summed E-state index contributed by atoms with van der Waals surface area (Å²) in [5.74, 6) is 0. The van der Waals surface area contributed by atoms with Gasteiger partial charge in [0.1, 0.15) is 24.4 Å². The summed E-state index contributed by atoms with van der Waals surface area (Å²) in [5, 5.41) is 19.1. The van der Waals surface area contributed by atoms with Gasteiger partial charge in [-0.1, -0.05) is 0 Å². The maximum absolute atomic E-state index is 11.9. The number of hydrogen-bond acceptors (Lipinski definition) is 6. The number of methoxy groups -OCH3 is 1. The predicted octanol–water partition coefficient (Wildman–Crippen LogP) is -0.749. The molecule has 2 rings (SSSR count). The molecule has 7 nitrogen and oxygen atoms in total. The maximum atomic E-state index is 11.9. The molecule has 1 fully saturated rings. The van der Waals surface area contributed by atoms with Crippen LogP contribution in [0.25, 0.3) is 0 Å². The topological polar surface area (TPSA) is 96.7 Å². The second-order valence-electron chi connectivity index (χ2n) is 4.42. The first-order valence-corrected chi connectivity index (χ1v) is 6.17. The van der Waals surface area contributed by atoms with E-state index in [1.165, 1.54) is 7.11 Å². The van der Waals surface area contributed by atoms with Gasteiger partial charge in [0.25, 0.3) is 5.56 Å². The predicted molar refractivity (Wildman–Crippen MR) is 68.4 cm³/mol. The quantitative estimate of drug-likeness (QED) is 0.633. The molecule has 0 spiro atoms. The molecule has 1 saturated heterocycles. The second-order valence-corrected chi connectivity index (χ2v) is 4.81. The third kappa shape index (κ3) is 2.49. The number of hydrogen-bond donors (Lipinski definition) is 3. The van der Waals surface area contributed by atoms with Crippen LogP contribution in [0.2, 0.25) is 0 Å². The molecule has 106 valence electrons. The number of ether oxygens (including phenoxy) is 2. The number of nitrogens with one attached hydrogen (secondary N) is 1. The van der Waals surface area contributed by atoms with Gasteiger partial charge < -0.3 is 24.3 Å². The summed E-state index contributed by atoms with van der Waals surface area (Å²) in [6.07, 6.45) is -1.68. The number of aromatic nitrogens is 2. The number of H-pyrrole nitrogens is 1. The third-order valence-electron chi connectivity index (χ3n) is 3.23. The maximum Gasteiger partial charge on any atom is 0.257 e. The molecule has 4 atom stereocenters. The van der Waals surface area contributed by atoms with Gasteiger partial charge in [0.05, 0.1) is 12.2 Å². The number of aliphatic hydroxyl groups excluding tert-OH is 2. The Morgan fingerprint density at radius 1 is 1.63 bits per heavy atom. The van der Waals surface area contributed by atoms with E-state index in [-0.39, 0.29) is 12.2 Å². The van der Waals surface area contributed by atoms with Crippen molar-refractivity contribution in [2.24, 2.45) is 7.05 Å². The normalized spacial score (nSPS) is 30.7. The Morgan fingerprint density at radius 2 is 2.32 bits per heavy atom. The van der Waals surface area contributed by atoms with Crippen molar-refractivity contribution in [2.75, 3.05) is 13.7 Å². The van der Waals surface area contributed by atoms with Crippen molar-refractivity contribution < 1.29 is 19.7 Å². The zero-order valence-electron chi connectivity index (χ0n) is 10.6. The number of rotatable bonds is 3. The Hall–Kier alpha value is -1.06. The first kappa shape index (κ1) is 14.4. The first-order valence-electron chi connectivity index (χ1n) is 5.76. The lowest BCUT2D eigenvalue weighted by Gasteiger charge is -2.18. The van der Waals surface area contributed by atoms with Crippen LogP contribution in [0, 0.1) is 4.77 Å². The van der Waals surface area contributed by atoms with E-state index < -0.39 is 24.4 Å². The van der Waals surface area contributed by atoms with E-state index in [4.69, 9.17) is 26.8 Å². The summed E-state index contributed by atoms with van der Waals surface area (Å²) < 4.78 is 12.5. The minimum atomic E-state index is -0.993. The molecule has 1 aromatic heterocycles. The van der Waals surface area contributed by atoms with Crippen LogP contribution in [0.3, 0.4) is 0 Å². The van der Waals surface area contributed by atoms with Crippen LogP contribution < -0.4 is 5.56 Å². The van der Waals surface area contributed by atoms with Crippen LogP contribution in [-0.4, -0.2) is 51.8 Å². The van der Waals surface area contributed by atoms with Crippen molar-refractivity contribution in [2.45, 2.75) is 24.4 Å². The Labute approximate surface area is 114 Å². The van der Waals surface area contributed by atoms with Crippen molar-refractivity contribution in [3.8, 4) is 0 Å². The molecule has 3 N–H and O–H groups in total. The Bertz CT molecular complexity index is 569. The lowest BCUT2D eigenvalue weighted by molar-refractivity contribution is -0.0241. The molecular weight excluding hydrogens is 272 g/mol.